The van der Waals surface area contributed by atoms with Crippen LogP contribution < -0.4 is 15.6 Å². The minimum atomic E-state index is -3.96. The molecule has 0 bridgehead atoms. The number of anilines is 1. The van der Waals surface area contributed by atoms with Gasteiger partial charge in [-0.15, -0.1) is 0 Å². The van der Waals surface area contributed by atoms with Gasteiger partial charge in [0.25, 0.3) is 5.56 Å². The van der Waals surface area contributed by atoms with E-state index in [1.807, 2.05) is 13.0 Å². The van der Waals surface area contributed by atoms with Crippen molar-refractivity contribution in [1.82, 2.24) is 8.87 Å². The maximum atomic E-state index is 12.8. The minimum Gasteiger partial charge on any atom is -0.495 e. The average Bonchev–Trinajstić information content (AvgIpc) is 2.70. The first kappa shape index (κ1) is 21.0. The molecular formula is C19H23N3O6S. The van der Waals surface area contributed by atoms with Gasteiger partial charge in [0.2, 0.25) is 15.9 Å². The molecule has 0 spiro atoms. The van der Waals surface area contributed by atoms with Gasteiger partial charge in [0.1, 0.15) is 17.2 Å². The molecule has 156 valence electrons. The summed E-state index contributed by atoms with van der Waals surface area (Å²) in [7, 11) is -2.47. The van der Waals surface area contributed by atoms with Crippen molar-refractivity contribution in [2.24, 2.45) is 0 Å². The lowest BCUT2D eigenvalue weighted by atomic mass is 10.2. The van der Waals surface area contributed by atoms with Crippen LogP contribution in [0.3, 0.4) is 0 Å². The summed E-state index contributed by atoms with van der Waals surface area (Å²) in [5.41, 5.74) is 0.657. The number of hydrogen-bond acceptors (Lipinski definition) is 6. The number of rotatable bonds is 6. The molecule has 0 saturated carbocycles. The van der Waals surface area contributed by atoms with Crippen molar-refractivity contribution in [3.8, 4) is 5.75 Å². The average molecular weight is 421 g/mol. The highest BCUT2D eigenvalue weighted by Crippen LogP contribution is 2.25. The zero-order chi connectivity index (χ0) is 21.0. The number of carbonyl (C=O) groups is 1. The van der Waals surface area contributed by atoms with Crippen LogP contribution in [0.15, 0.2) is 46.2 Å². The summed E-state index contributed by atoms with van der Waals surface area (Å²) in [5.74, 6) is 0.0110. The van der Waals surface area contributed by atoms with Crippen LogP contribution in [-0.2, 0) is 26.1 Å². The van der Waals surface area contributed by atoms with E-state index in [1.165, 1.54) is 29.7 Å². The normalized spacial score (nSPS) is 15.1. The number of nitrogens with one attached hydrogen (secondary N) is 1. The van der Waals surface area contributed by atoms with E-state index in [0.717, 1.165) is 10.1 Å². The molecule has 9 nitrogen and oxygen atoms in total. The fourth-order valence-electron chi connectivity index (χ4n) is 3.03. The summed E-state index contributed by atoms with van der Waals surface area (Å²) >= 11 is 0. The Kier molecular flexibility index (Phi) is 6.36. The van der Waals surface area contributed by atoms with Crippen LogP contribution in [0.5, 0.6) is 5.75 Å². The topological polar surface area (TPSA) is 107 Å². The van der Waals surface area contributed by atoms with Crippen molar-refractivity contribution in [3.05, 3.63) is 52.4 Å². The predicted molar refractivity (Wildman–Crippen MR) is 107 cm³/mol. The molecule has 0 atom stereocenters. The van der Waals surface area contributed by atoms with Gasteiger partial charge in [0, 0.05) is 19.3 Å². The number of nitrogens with zero attached hydrogens (tertiary/aromatic N) is 2. The maximum Gasteiger partial charge on any atom is 0.271 e. The van der Waals surface area contributed by atoms with Gasteiger partial charge in [0.05, 0.1) is 26.0 Å². The van der Waals surface area contributed by atoms with Crippen LogP contribution in [-0.4, -0.2) is 56.6 Å². The van der Waals surface area contributed by atoms with E-state index in [0.29, 0.717) is 11.4 Å². The number of aromatic nitrogens is 1. The number of aryl methyl sites for hydroxylation is 1. The molecule has 1 aliphatic heterocycles. The molecule has 1 amide bonds. The van der Waals surface area contributed by atoms with Gasteiger partial charge in [0.15, 0.2) is 0 Å². The second kappa shape index (κ2) is 8.76. The number of ether oxygens (including phenoxy) is 2. The Labute approximate surface area is 168 Å². The van der Waals surface area contributed by atoms with E-state index in [-0.39, 0.29) is 37.7 Å². The zero-order valence-electron chi connectivity index (χ0n) is 16.3. The molecule has 2 aromatic rings. The summed E-state index contributed by atoms with van der Waals surface area (Å²) in [4.78, 5) is 24.9. The predicted octanol–water partition coefficient (Wildman–Crippen LogP) is 0.825. The van der Waals surface area contributed by atoms with Gasteiger partial charge >= 0.3 is 0 Å². The van der Waals surface area contributed by atoms with E-state index in [4.69, 9.17) is 9.47 Å². The number of hydrogen-bond donors (Lipinski definition) is 1. The molecule has 1 N–H and O–H groups in total. The van der Waals surface area contributed by atoms with Gasteiger partial charge in [-0.1, -0.05) is 6.07 Å². The third-order valence-electron chi connectivity index (χ3n) is 4.52. The number of sulfonamides is 1. The van der Waals surface area contributed by atoms with E-state index in [2.05, 4.69) is 5.32 Å². The second-order valence-electron chi connectivity index (χ2n) is 6.57. The first-order valence-electron chi connectivity index (χ1n) is 9.05. The minimum absolute atomic E-state index is 0.185. The quantitative estimate of drug-likeness (QED) is 0.740. The molecule has 1 fully saturated rings. The van der Waals surface area contributed by atoms with Gasteiger partial charge < -0.3 is 19.4 Å². The number of amides is 1. The zero-order valence-corrected chi connectivity index (χ0v) is 17.1. The molecule has 3 rings (SSSR count). The number of pyridine rings is 1. The van der Waals surface area contributed by atoms with Gasteiger partial charge in [-0.3, -0.25) is 9.59 Å². The molecule has 29 heavy (non-hydrogen) atoms. The molecule has 0 aliphatic carbocycles. The van der Waals surface area contributed by atoms with E-state index < -0.39 is 21.5 Å². The van der Waals surface area contributed by atoms with E-state index >= 15 is 0 Å². The van der Waals surface area contributed by atoms with Crippen LogP contribution in [0, 0.1) is 6.92 Å². The van der Waals surface area contributed by atoms with Crippen LogP contribution in [0.2, 0.25) is 0 Å². The number of methoxy groups -OCH3 is 1. The van der Waals surface area contributed by atoms with E-state index in [9.17, 15) is 18.0 Å². The van der Waals surface area contributed by atoms with Crippen molar-refractivity contribution in [2.45, 2.75) is 18.4 Å². The largest absolute Gasteiger partial charge is 0.495 e. The van der Waals surface area contributed by atoms with Crippen LogP contribution in [0.25, 0.3) is 0 Å². The lowest BCUT2D eigenvalue weighted by Gasteiger charge is -2.25. The van der Waals surface area contributed by atoms with E-state index in [1.54, 1.807) is 12.1 Å². The highest BCUT2D eigenvalue weighted by Gasteiger charge is 2.29. The molecular weight excluding hydrogens is 398 g/mol. The fraction of sp³-hybridized carbons (Fsp3) is 0.368. The highest BCUT2D eigenvalue weighted by atomic mass is 32.2. The fourth-order valence-corrected chi connectivity index (χ4v) is 4.52. The van der Waals surface area contributed by atoms with Crippen molar-refractivity contribution in [2.75, 3.05) is 38.7 Å². The summed E-state index contributed by atoms with van der Waals surface area (Å²) < 4.78 is 38.3. The summed E-state index contributed by atoms with van der Waals surface area (Å²) in [6, 6.07) is 8.02. The maximum absolute atomic E-state index is 12.8. The molecule has 0 unspecified atom stereocenters. The first-order chi connectivity index (χ1) is 13.8. The third-order valence-corrected chi connectivity index (χ3v) is 6.43. The van der Waals surface area contributed by atoms with Crippen molar-refractivity contribution >= 4 is 21.6 Å². The lowest BCUT2D eigenvalue weighted by molar-refractivity contribution is -0.116. The third kappa shape index (κ3) is 4.66. The number of carbonyl (C=O) groups excluding carboxylic acids is 1. The summed E-state index contributed by atoms with van der Waals surface area (Å²) in [6.45, 7) is 2.47. The standard InChI is InChI=1S/C19H23N3O6S/c1-14-5-6-16(27-2)15(12-14)20-18(23)13-21-7-3-4-17(19(21)24)29(25,26)22-8-10-28-11-9-22/h3-7,12H,8-11,13H2,1-2H3,(H,20,23). The second-order valence-corrected chi connectivity index (χ2v) is 8.48. The van der Waals surface area contributed by atoms with Crippen LogP contribution in [0.4, 0.5) is 5.69 Å². The Morgan fingerprint density at radius 2 is 1.97 bits per heavy atom. The van der Waals surface area contributed by atoms with Crippen LogP contribution >= 0.6 is 0 Å². The van der Waals surface area contributed by atoms with Crippen molar-refractivity contribution in [1.29, 1.82) is 0 Å². The Morgan fingerprint density at radius 1 is 1.24 bits per heavy atom. The smallest absolute Gasteiger partial charge is 0.271 e. The molecule has 1 aromatic heterocycles. The monoisotopic (exact) mass is 421 g/mol. The number of benzene rings is 1. The van der Waals surface area contributed by atoms with Crippen LogP contribution in [0.1, 0.15) is 5.56 Å². The highest BCUT2D eigenvalue weighted by molar-refractivity contribution is 7.89. The number of morpholine rings is 1. The molecule has 0 radical (unpaired) electrons. The SMILES string of the molecule is COc1ccc(C)cc1NC(=O)Cn1cccc(S(=O)(=O)N2CCOCC2)c1=O. The van der Waals surface area contributed by atoms with Gasteiger partial charge in [-0.05, 0) is 36.8 Å². The Hall–Kier alpha value is -2.69. The molecule has 1 aliphatic rings. The lowest BCUT2D eigenvalue weighted by Crippen LogP contribution is -2.43. The van der Waals surface area contributed by atoms with Crippen molar-refractivity contribution in [3.63, 3.8) is 0 Å². The summed E-state index contributed by atoms with van der Waals surface area (Å²) in [6.07, 6.45) is 1.38. The molecule has 2 heterocycles. The molecule has 1 saturated heterocycles. The first-order valence-corrected chi connectivity index (χ1v) is 10.5. The Morgan fingerprint density at radius 3 is 2.66 bits per heavy atom. The Bertz CT molecular complexity index is 1060. The van der Waals surface area contributed by atoms with Gasteiger partial charge in [-0.2, -0.15) is 4.31 Å². The Balaban J connectivity index is 1.82. The molecule has 1 aromatic carbocycles. The summed E-state index contributed by atoms with van der Waals surface area (Å²) in [5, 5.41) is 2.70. The molecule has 10 heteroatoms. The van der Waals surface area contributed by atoms with Crippen molar-refractivity contribution < 1.29 is 22.7 Å². The van der Waals surface area contributed by atoms with Gasteiger partial charge in [-0.25, -0.2) is 8.42 Å².